The molecule has 3 heteroatoms. The van der Waals surface area contributed by atoms with Gasteiger partial charge >= 0.3 is 0 Å². The Morgan fingerprint density at radius 1 is 1.43 bits per heavy atom. The summed E-state index contributed by atoms with van der Waals surface area (Å²) in [5.74, 6) is 1.33. The fourth-order valence-electron chi connectivity index (χ4n) is 1.60. The highest BCUT2D eigenvalue weighted by Crippen LogP contribution is 2.24. The Morgan fingerprint density at radius 2 is 2.21 bits per heavy atom. The zero-order chi connectivity index (χ0) is 10.4. The lowest BCUT2D eigenvalue weighted by Crippen LogP contribution is -2.36. The SMILES string of the molecule is CC(C)(CO)CNCC1CCCCS1. The number of rotatable bonds is 5. The Bertz CT molecular complexity index is 155. The molecule has 0 spiro atoms. The molecule has 0 aromatic heterocycles. The zero-order valence-corrected chi connectivity index (χ0v) is 10.2. The molecule has 1 saturated heterocycles. The number of thioether (sulfide) groups is 1. The van der Waals surface area contributed by atoms with Crippen molar-refractivity contribution in [2.75, 3.05) is 25.4 Å². The summed E-state index contributed by atoms with van der Waals surface area (Å²) in [5, 5.41) is 13.4. The van der Waals surface area contributed by atoms with E-state index in [4.69, 9.17) is 5.11 Å². The lowest BCUT2D eigenvalue weighted by molar-refractivity contribution is 0.157. The Labute approximate surface area is 91.9 Å². The molecule has 0 radical (unpaired) electrons. The second-order valence-electron chi connectivity index (χ2n) is 4.94. The molecule has 84 valence electrons. The van der Waals surface area contributed by atoms with Gasteiger partial charge in [0.25, 0.3) is 0 Å². The third-order valence-electron chi connectivity index (χ3n) is 2.68. The van der Waals surface area contributed by atoms with Gasteiger partial charge in [-0.15, -0.1) is 0 Å². The molecule has 1 unspecified atom stereocenters. The lowest BCUT2D eigenvalue weighted by Gasteiger charge is -2.26. The predicted molar refractivity (Wildman–Crippen MR) is 63.8 cm³/mol. The summed E-state index contributed by atoms with van der Waals surface area (Å²) in [6, 6.07) is 0. The highest BCUT2D eigenvalue weighted by molar-refractivity contribution is 7.99. The first-order chi connectivity index (χ1) is 6.64. The summed E-state index contributed by atoms with van der Waals surface area (Å²) in [4.78, 5) is 0. The molecule has 1 atom stereocenters. The minimum atomic E-state index is 0.0271. The van der Waals surface area contributed by atoms with Crippen LogP contribution in [0.2, 0.25) is 0 Å². The van der Waals surface area contributed by atoms with E-state index >= 15 is 0 Å². The molecule has 2 nitrogen and oxygen atoms in total. The number of hydrogen-bond donors (Lipinski definition) is 2. The Hall–Kier alpha value is 0.270. The topological polar surface area (TPSA) is 32.3 Å². The maximum absolute atomic E-state index is 9.09. The standard InChI is InChI=1S/C11H23NOS/c1-11(2,9-13)8-12-7-10-5-3-4-6-14-10/h10,12-13H,3-9H2,1-2H3. The first-order valence-electron chi connectivity index (χ1n) is 5.57. The summed E-state index contributed by atoms with van der Waals surface area (Å²) >= 11 is 2.10. The molecule has 1 rings (SSSR count). The van der Waals surface area contributed by atoms with E-state index in [0.29, 0.717) is 0 Å². The minimum absolute atomic E-state index is 0.0271. The summed E-state index contributed by atoms with van der Waals surface area (Å²) in [7, 11) is 0. The van der Waals surface area contributed by atoms with Crippen LogP contribution in [-0.4, -0.2) is 35.8 Å². The third-order valence-corrected chi connectivity index (χ3v) is 4.08. The van der Waals surface area contributed by atoms with Gasteiger partial charge < -0.3 is 10.4 Å². The molecule has 1 fully saturated rings. The van der Waals surface area contributed by atoms with Gasteiger partial charge in [0.2, 0.25) is 0 Å². The summed E-state index contributed by atoms with van der Waals surface area (Å²) < 4.78 is 0. The van der Waals surface area contributed by atoms with Crippen LogP contribution in [0.5, 0.6) is 0 Å². The van der Waals surface area contributed by atoms with Crippen LogP contribution in [0.3, 0.4) is 0 Å². The van der Waals surface area contributed by atoms with Crippen LogP contribution < -0.4 is 5.32 Å². The number of aliphatic hydroxyl groups is 1. The van der Waals surface area contributed by atoms with Crippen molar-refractivity contribution in [3.63, 3.8) is 0 Å². The van der Waals surface area contributed by atoms with E-state index in [0.717, 1.165) is 18.3 Å². The van der Waals surface area contributed by atoms with Crippen molar-refractivity contribution in [1.29, 1.82) is 0 Å². The van der Waals surface area contributed by atoms with Gasteiger partial charge in [0, 0.05) is 30.4 Å². The third kappa shape index (κ3) is 4.67. The molecule has 0 amide bonds. The maximum Gasteiger partial charge on any atom is 0.0494 e. The summed E-state index contributed by atoms with van der Waals surface area (Å²) in [6.07, 6.45) is 4.14. The predicted octanol–water partition coefficient (Wildman–Crippen LogP) is 1.88. The van der Waals surface area contributed by atoms with Crippen LogP contribution in [-0.2, 0) is 0 Å². The maximum atomic E-state index is 9.09. The summed E-state index contributed by atoms with van der Waals surface area (Å²) in [5.41, 5.74) is 0.0271. The van der Waals surface area contributed by atoms with Crippen molar-refractivity contribution >= 4 is 11.8 Å². The number of nitrogens with one attached hydrogen (secondary N) is 1. The molecule has 0 aromatic rings. The molecule has 2 N–H and O–H groups in total. The van der Waals surface area contributed by atoms with Crippen LogP contribution in [0.4, 0.5) is 0 Å². The number of aliphatic hydroxyl groups excluding tert-OH is 1. The van der Waals surface area contributed by atoms with E-state index in [9.17, 15) is 0 Å². The molecule has 1 aliphatic rings. The first-order valence-corrected chi connectivity index (χ1v) is 6.62. The van der Waals surface area contributed by atoms with Crippen molar-refractivity contribution < 1.29 is 5.11 Å². The van der Waals surface area contributed by atoms with Gasteiger partial charge in [0.15, 0.2) is 0 Å². The molecular formula is C11H23NOS. The van der Waals surface area contributed by atoms with Crippen molar-refractivity contribution in [2.45, 2.75) is 38.4 Å². The average Bonchev–Trinajstić information content (AvgIpc) is 2.19. The molecule has 0 bridgehead atoms. The van der Waals surface area contributed by atoms with Crippen LogP contribution in [0, 0.1) is 5.41 Å². The van der Waals surface area contributed by atoms with E-state index in [1.807, 2.05) is 0 Å². The van der Waals surface area contributed by atoms with Crippen molar-refractivity contribution in [3.8, 4) is 0 Å². The molecule has 0 saturated carbocycles. The Balaban J connectivity index is 2.08. The first kappa shape index (κ1) is 12.3. The second kappa shape index (κ2) is 5.99. The van der Waals surface area contributed by atoms with Crippen molar-refractivity contribution in [1.82, 2.24) is 5.32 Å². The smallest absolute Gasteiger partial charge is 0.0494 e. The van der Waals surface area contributed by atoms with Gasteiger partial charge in [-0.25, -0.2) is 0 Å². The average molecular weight is 217 g/mol. The largest absolute Gasteiger partial charge is 0.396 e. The molecule has 0 aromatic carbocycles. The minimum Gasteiger partial charge on any atom is -0.396 e. The van der Waals surface area contributed by atoms with Gasteiger partial charge in [-0.1, -0.05) is 20.3 Å². The van der Waals surface area contributed by atoms with Crippen LogP contribution >= 0.6 is 11.8 Å². The highest BCUT2D eigenvalue weighted by Gasteiger charge is 2.18. The molecule has 0 aliphatic carbocycles. The molecular weight excluding hydrogens is 194 g/mol. The van der Waals surface area contributed by atoms with E-state index in [2.05, 4.69) is 30.9 Å². The van der Waals surface area contributed by atoms with Crippen molar-refractivity contribution in [3.05, 3.63) is 0 Å². The zero-order valence-electron chi connectivity index (χ0n) is 9.38. The van der Waals surface area contributed by atoms with Crippen LogP contribution in [0.15, 0.2) is 0 Å². The van der Waals surface area contributed by atoms with E-state index in [1.54, 1.807) is 0 Å². The molecule has 1 aliphatic heterocycles. The second-order valence-corrected chi connectivity index (χ2v) is 6.35. The van der Waals surface area contributed by atoms with E-state index in [-0.39, 0.29) is 12.0 Å². The lowest BCUT2D eigenvalue weighted by atomic mass is 9.95. The van der Waals surface area contributed by atoms with Crippen LogP contribution in [0.1, 0.15) is 33.1 Å². The van der Waals surface area contributed by atoms with Crippen molar-refractivity contribution in [2.24, 2.45) is 5.41 Å². The van der Waals surface area contributed by atoms with Gasteiger partial charge in [0.1, 0.15) is 0 Å². The van der Waals surface area contributed by atoms with Gasteiger partial charge in [-0.05, 0) is 18.6 Å². The van der Waals surface area contributed by atoms with Gasteiger partial charge in [-0.2, -0.15) is 11.8 Å². The Kier molecular flexibility index (Phi) is 5.28. The molecule has 1 heterocycles. The fraction of sp³-hybridized carbons (Fsp3) is 1.00. The Morgan fingerprint density at radius 3 is 2.79 bits per heavy atom. The normalized spacial score (nSPS) is 23.8. The quantitative estimate of drug-likeness (QED) is 0.737. The number of hydrogen-bond acceptors (Lipinski definition) is 3. The van der Waals surface area contributed by atoms with E-state index < -0.39 is 0 Å². The molecule has 14 heavy (non-hydrogen) atoms. The monoisotopic (exact) mass is 217 g/mol. The van der Waals surface area contributed by atoms with E-state index in [1.165, 1.54) is 25.0 Å². The fourth-order valence-corrected chi connectivity index (χ4v) is 2.87. The van der Waals surface area contributed by atoms with Gasteiger partial charge in [0.05, 0.1) is 0 Å². The highest BCUT2D eigenvalue weighted by atomic mass is 32.2. The summed E-state index contributed by atoms with van der Waals surface area (Å²) in [6.45, 7) is 6.47. The van der Waals surface area contributed by atoms with Crippen LogP contribution in [0.25, 0.3) is 0 Å². The van der Waals surface area contributed by atoms with Gasteiger partial charge in [-0.3, -0.25) is 0 Å².